The van der Waals surface area contributed by atoms with Crippen molar-refractivity contribution in [2.24, 2.45) is 0 Å². The van der Waals surface area contributed by atoms with Gasteiger partial charge < -0.3 is 9.84 Å². The minimum absolute atomic E-state index is 0.349. The van der Waals surface area contributed by atoms with Crippen LogP contribution in [-0.2, 0) is 12.1 Å². The second kappa shape index (κ2) is 8.09. The Bertz CT molecular complexity index is 887. The molecular weight excluding hydrogens is 350 g/mol. The molecule has 3 aromatic rings. The molecule has 1 saturated heterocycles. The molecule has 1 aliphatic rings. The van der Waals surface area contributed by atoms with Crippen LogP contribution in [0.15, 0.2) is 67.0 Å². The first-order chi connectivity index (χ1) is 13.6. The minimum Gasteiger partial charge on any atom is -0.424 e. The molecule has 1 aliphatic heterocycles. The number of nitrogens with zero attached hydrogens (tertiary/aromatic N) is 3. The van der Waals surface area contributed by atoms with E-state index in [0.29, 0.717) is 6.01 Å². The van der Waals surface area contributed by atoms with Crippen molar-refractivity contribution in [3.05, 3.63) is 83.7 Å². The predicted molar refractivity (Wildman–Crippen MR) is 108 cm³/mol. The molecule has 0 saturated carbocycles. The van der Waals surface area contributed by atoms with Crippen molar-refractivity contribution >= 4 is 0 Å². The zero-order valence-electron chi connectivity index (χ0n) is 16.1. The maximum absolute atomic E-state index is 11.0. The van der Waals surface area contributed by atoms with Crippen LogP contribution in [0.1, 0.15) is 29.5 Å². The van der Waals surface area contributed by atoms with Crippen LogP contribution in [-0.4, -0.2) is 33.1 Å². The van der Waals surface area contributed by atoms with Gasteiger partial charge in [-0.1, -0.05) is 42.0 Å². The number of ether oxygens (including phenoxy) is 1. The van der Waals surface area contributed by atoms with Gasteiger partial charge in [0.1, 0.15) is 5.75 Å². The van der Waals surface area contributed by atoms with E-state index in [9.17, 15) is 5.11 Å². The average molecular weight is 375 g/mol. The fourth-order valence-corrected chi connectivity index (χ4v) is 3.60. The summed E-state index contributed by atoms with van der Waals surface area (Å²) in [6, 6.07) is 18.4. The van der Waals surface area contributed by atoms with Crippen molar-refractivity contribution in [2.75, 3.05) is 13.1 Å². The lowest BCUT2D eigenvalue weighted by Gasteiger charge is -2.38. The number of hydrogen-bond donors (Lipinski definition) is 1. The summed E-state index contributed by atoms with van der Waals surface area (Å²) in [7, 11) is 0. The monoisotopic (exact) mass is 375 g/mol. The topological polar surface area (TPSA) is 58.5 Å². The van der Waals surface area contributed by atoms with Gasteiger partial charge in [-0.25, -0.2) is 9.97 Å². The van der Waals surface area contributed by atoms with Gasteiger partial charge in [-0.05, 0) is 49.1 Å². The molecule has 28 heavy (non-hydrogen) atoms. The lowest BCUT2D eigenvalue weighted by atomic mass is 9.84. The molecule has 0 atom stereocenters. The van der Waals surface area contributed by atoms with E-state index in [1.165, 1.54) is 11.1 Å². The lowest BCUT2D eigenvalue weighted by molar-refractivity contribution is -0.0277. The van der Waals surface area contributed by atoms with Crippen molar-refractivity contribution in [3.8, 4) is 11.8 Å². The molecule has 0 bridgehead atoms. The number of likely N-dealkylation sites (tertiary alicyclic amines) is 1. The molecule has 2 heterocycles. The molecule has 144 valence electrons. The van der Waals surface area contributed by atoms with Crippen LogP contribution >= 0.6 is 0 Å². The first kappa shape index (κ1) is 18.6. The normalized spacial score (nSPS) is 16.6. The largest absolute Gasteiger partial charge is 0.424 e. The maximum atomic E-state index is 11.0. The van der Waals surface area contributed by atoms with E-state index in [0.717, 1.165) is 43.8 Å². The second-order valence-electron chi connectivity index (χ2n) is 7.45. The molecular formula is C23H25N3O2. The van der Waals surface area contributed by atoms with E-state index in [4.69, 9.17) is 4.74 Å². The summed E-state index contributed by atoms with van der Waals surface area (Å²) in [4.78, 5) is 10.5. The molecule has 0 spiro atoms. The first-order valence-corrected chi connectivity index (χ1v) is 9.66. The Balaban J connectivity index is 1.32. The van der Waals surface area contributed by atoms with Crippen molar-refractivity contribution in [3.63, 3.8) is 0 Å². The first-order valence-electron chi connectivity index (χ1n) is 9.66. The van der Waals surface area contributed by atoms with Gasteiger partial charge in [-0.3, -0.25) is 4.90 Å². The number of aryl methyl sites for hydroxylation is 1. The summed E-state index contributed by atoms with van der Waals surface area (Å²) < 4.78 is 5.64. The van der Waals surface area contributed by atoms with Crippen molar-refractivity contribution < 1.29 is 9.84 Å². The highest BCUT2D eigenvalue weighted by atomic mass is 16.5. The molecule has 0 unspecified atom stereocenters. The van der Waals surface area contributed by atoms with Gasteiger partial charge in [0.25, 0.3) is 0 Å². The molecule has 4 rings (SSSR count). The van der Waals surface area contributed by atoms with Crippen molar-refractivity contribution in [2.45, 2.75) is 31.9 Å². The Kier molecular flexibility index (Phi) is 5.37. The van der Waals surface area contributed by atoms with E-state index in [-0.39, 0.29) is 0 Å². The van der Waals surface area contributed by atoms with Gasteiger partial charge in [0, 0.05) is 32.0 Å². The summed E-state index contributed by atoms with van der Waals surface area (Å²) in [6.45, 7) is 4.69. The molecule has 0 aliphatic carbocycles. The quantitative estimate of drug-likeness (QED) is 0.729. The van der Waals surface area contributed by atoms with Gasteiger partial charge in [-0.15, -0.1) is 0 Å². The maximum Gasteiger partial charge on any atom is 0.321 e. The fraction of sp³-hybridized carbons (Fsp3) is 0.304. The zero-order chi connectivity index (χ0) is 19.4. The molecule has 1 N–H and O–H groups in total. The van der Waals surface area contributed by atoms with Crippen molar-refractivity contribution in [1.82, 2.24) is 14.9 Å². The van der Waals surface area contributed by atoms with E-state index >= 15 is 0 Å². The summed E-state index contributed by atoms with van der Waals surface area (Å²) in [5.74, 6) is 0.724. The predicted octanol–water partition coefficient (Wildman–Crippen LogP) is 4.06. The summed E-state index contributed by atoms with van der Waals surface area (Å²) in [5, 5.41) is 11.0. The molecule has 5 nitrogen and oxygen atoms in total. The summed E-state index contributed by atoms with van der Waals surface area (Å²) in [6.07, 6.45) is 4.82. The fourth-order valence-electron chi connectivity index (χ4n) is 3.60. The molecule has 0 amide bonds. The van der Waals surface area contributed by atoms with Gasteiger partial charge in [0.05, 0.1) is 5.60 Å². The van der Waals surface area contributed by atoms with Gasteiger partial charge in [-0.2, -0.15) is 0 Å². The van der Waals surface area contributed by atoms with Crippen LogP contribution in [0.2, 0.25) is 0 Å². The molecule has 5 heteroatoms. The molecule has 1 aromatic heterocycles. The van der Waals surface area contributed by atoms with Crippen molar-refractivity contribution in [1.29, 1.82) is 0 Å². The Morgan fingerprint density at radius 3 is 2.25 bits per heavy atom. The van der Waals surface area contributed by atoms with Crippen LogP contribution in [0.3, 0.4) is 0 Å². The SMILES string of the molecule is Cc1ccc(C2(O)CCN(Cc3ccc(Oc4ncccn4)cc3)CC2)cc1. The zero-order valence-corrected chi connectivity index (χ0v) is 16.1. The third-order valence-corrected chi connectivity index (χ3v) is 5.35. The number of aliphatic hydroxyl groups is 1. The standard InChI is InChI=1S/C23H25N3O2/c1-18-3-7-20(8-4-18)23(27)11-15-26(16-12-23)17-19-5-9-21(10-6-19)28-22-24-13-2-14-25-22/h2-10,13-14,27H,11-12,15-17H2,1H3. The van der Waals surface area contributed by atoms with Crippen LogP contribution in [0, 0.1) is 6.92 Å². The Morgan fingerprint density at radius 2 is 1.61 bits per heavy atom. The smallest absolute Gasteiger partial charge is 0.321 e. The third-order valence-electron chi connectivity index (χ3n) is 5.35. The van der Waals surface area contributed by atoms with E-state index in [1.54, 1.807) is 18.5 Å². The summed E-state index contributed by atoms with van der Waals surface area (Å²) in [5.41, 5.74) is 2.76. The van der Waals surface area contributed by atoms with Gasteiger partial charge in [0.15, 0.2) is 0 Å². The van der Waals surface area contributed by atoms with E-state index < -0.39 is 5.60 Å². The Morgan fingerprint density at radius 1 is 0.964 bits per heavy atom. The summed E-state index contributed by atoms with van der Waals surface area (Å²) >= 11 is 0. The van der Waals surface area contributed by atoms with Crippen LogP contribution in [0.4, 0.5) is 0 Å². The second-order valence-corrected chi connectivity index (χ2v) is 7.45. The highest BCUT2D eigenvalue weighted by Crippen LogP contribution is 2.33. The average Bonchev–Trinajstić information content (AvgIpc) is 2.72. The third kappa shape index (κ3) is 4.38. The highest BCUT2D eigenvalue weighted by Gasteiger charge is 2.33. The lowest BCUT2D eigenvalue weighted by Crippen LogP contribution is -2.42. The van der Waals surface area contributed by atoms with Crippen LogP contribution < -0.4 is 4.74 Å². The van der Waals surface area contributed by atoms with Gasteiger partial charge in [0.2, 0.25) is 0 Å². The van der Waals surface area contributed by atoms with Crippen LogP contribution in [0.5, 0.6) is 11.8 Å². The number of piperidine rings is 1. The minimum atomic E-state index is -0.711. The number of rotatable bonds is 5. The Hall–Kier alpha value is -2.76. The molecule has 0 radical (unpaired) electrons. The molecule has 2 aromatic carbocycles. The Labute approximate surface area is 165 Å². The number of aromatic nitrogens is 2. The number of benzene rings is 2. The van der Waals surface area contributed by atoms with Crippen LogP contribution in [0.25, 0.3) is 0 Å². The van der Waals surface area contributed by atoms with E-state index in [1.807, 2.05) is 12.1 Å². The highest BCUT2D eigenvalue weighted by molar-refractivity contribution is 5.30. The number of hydrogen-bond acceptors (Lipinski definition) is 5. The van der Waals surface area contributed by atoms with E-state index in [2.05, 4.69) is 58.2 Å². The van der Waals surface area contributed by atoms with Gasteiger partial charge >= 0.3 is 6.01 Å². The molecule has 1 fully saturated rings.